The third kappa shape index (κ3) is 5.78. The molecule has 24 heavy (non-hydrogen) atoms. The molecule has 0 saturated carbocycles. The highest BCUT2D eigenvalue weighted by Gasteiger charge is 2.22. The number of amides is 1. The summed E-state index contributed by atoms with van der Waals surface area (Å²) in [4.78, 5) is 23.4. The van der Waals surface area contributed by atoms with Gasteiger partial charge in [0.1, 0.15) is 6.04 Å². The summed E-state index contributed by atoms with van der Waals surface area (Å²) in [5, 5.41) is 11.6. The zero-order valence-electron chi connectivity index (χ0n) is 13.7. The van der Waals surface area contributed by atoms with E-state index in [4.69, 9.17) is 5.11 Å². The van der Waals surface area contributed by atoms with E-state index in [1.165, 1.54) is 30.3 Å². The number of hydrogen-bond donors (Lipinski definition) is 3. The largest absolute Gasteiger partial charge is 0.480 e. The van der Waals surface area contributed by atoms with Gasteiger partial charge in [0.2, 0.25) is 10.0 Å². The lowest BCUT2D eigenvalue weighted by atomic mass is 10.0. The van der Waals surface area contributed by atoms with Crippen molar-refractivity contribution < 1.29 is 23.1 Å². The number of benzene rings is 1. The molecule has 0 aliphatic heterocycles. The highest BCUT2D eigenvalue weighted by Crippen LogP contribution is 2.12. The number of carboxylic acid groups (broad SMARTS) is 1. The second-order valence-electron chi connectivity index (χ2n) is 5.66. The van der Waals surface area contributed by atoms with Gasteiger partial charge in [-0.3, -0.25) is 4.79 Å². The molecule has 132 valence electrons. The number of aliphatic carboxylic acids is 1. The first-order chi connectivity index (χ1) is 11.2. The fraction of sp³-hybridized carbons (Fsp3) is 0.375. The molecule has 0 fully saturated rings. The van der Waals surface area contributed by atoms with E-state index in [1.807, 2.05) is 13.8 Å². The molecule has 7 nitrogen and oxygen atoms in total. The van der Waals surface area contributed by atoms with E-state index in [-0.39, 0.29) is 29.3 Å². The van der Waals surface area contributed by atoms with Crippen molar-refractivity contribution in [1.29, 1.82) is 0 Å². The van der Waals surface area contributed by atoms with Gasteiger partial charge in [-0.15, -0.1) is 6.58 Å². The quantitative estimate of drug-likeness (QED) is 0.580. The standard InChI is InChI=1S/C16H22N2O5S/c1-4-8-17-24(22,23)13-7-5-6-12(10-13)15(19)18-14(16(20)21)9-11(2)3/h4-7,10-11,14,17H,1,8-9H2,2-3H3,(H,18,19)(H,20,21)/t14-/m0/s1. The molecular formula is C16H22N2O5S. The van der Waals surface area contributed by atoms with E-state index < -0.39 is 27.9 Å². The molecule has 0 aliphatic carbocycles. The maximum Gasteiger partial charge on any atom is 0.326 e. The molecule has 0 unspecified atom stereocenters. The molecule has 0 bridgehead atoms. The van der Waals surface area contributed by atoms with Gasteiger partial charge < -0.3 is 10.4 Å². The molecule has 1 atom stereocenters. The van der Waals surface area contributed by atoms with Gasteiger partial charge in [0.05, 0.1) is 4.90 Å². The van der Waals surface area contributed by atoms with Crippen LogP contribution in [0.2, 0.25) is 0 Å². The zero-order chi connectivity index (χ0) is 18.3. The van der Waals surface area contributed by atoms with E-state index in [0.29, 0.717) is 0 Å². The molecule has 1 amide bonds. The number of rotatable bonds is 9. The van der Waals surface area contributed by atoms with Gasteiger partial charge in [-0.2, -0.15) is 0 Å². The Labute approximate surface area is 141 Å². The van der Waals surface area contributed by atoms with Crippen molar-refractivity contribution in [3.05, 3.63) is 42.5 Å². The van der Waals surface area contributed by atoms with Crippen molar-refractivity contribution >= 4 is 21.9 Å². The van der Waals surface area contributed by atoms with Crippen LogP contribution >= 0.6 is 0 Å². The summed E-state index contributed by atoms with van der Waals surface area (Å²) in [5.41, 5.74) is 0.0754. The van der Waals surface area contributed by atoms with Crippen LogP contribution in [0.3, 0.4) is 0 Å². The molecule has 1 rings (SSSR count). The molecule has 0 heterocycles. The molecule has 1 aromatic carbocycles. The molecule has 0 spiro atoms. The van der Waals surface area contributed by atoms with E-state index in [9.17, 15) is 18.0 Å². The zero-order valence-corrected chi connectivity index (χ0v) is 14.5. The lowest BCUT2D eigenvalue weighted by molar-refractivity contribution is -0.139. The van der Waals surface area contributed by atoms with Crippen molar-refractivity contribution in [3.63, 3.8) is 0 Å². The maximum atomic E-state index is 12.2. The summed E-state index contributed by atoms with van der Waals surface area (Å²) in [7, 11) is -3.76. The van der Waals surface area contributed by atoms with E-state index in [0.717, 1.165) is 0 Å². The van der Waals surface area contributed by atoms with Crippen LogP contribution in [0.5, 0.6) is 0 Å². The summed E-state index contributed by atoms with van der Waals surface area (Å²) in [5.74, 6) is -1.68. The Morgan fingerprint density at radius 3 is 2.54 bits per heavy atom. The van der Waals surface area contributed by atoms with Crippen LogP contribution < -0.4 is 10.0 Å². The first-order valence-corrected chi connectivity index (χ1v) is 8.90. The Morgan fingerprint density at radius 2 is 2.00 bits per heavy atom. The van der Waals surface area contributed by atoms with E-state index in [2.05, 4.69) is 16.6 Å². The van der Waals surface area contributed by atoms with E-state index >= 15 is 0 Å². The Kier molecular flexibility index (Phi) is 7.12. The molecule has 0 aromatic heterocycles. The minimum absolute atomic E-state index is 0.0637. The third-order valence-corrected chi connectivity index (χ3v) is 4.56. The van der Waals surface area contributed by atoms with Crippen LogP contribution in [0, 0.1) is 5.92 Å². The average molecular weight is 354 g/mol. The van der Waals surface area contributed by atoms with Crippen LogP contribution in [-0.2, 0) is 14.8 Å². The monoisotopic (exact) mass is 354 g/mol. The first kappa shape index (κ1) is 19.9. The Balaban J connectivity index is 2.98. The second kappa shape index (κ2) is 8.60. The minimum Gasteiger partial charge on any atom is -0.480 e. The number of carboxylic acids is 1. The summed E-state index contributed by atoms with van der Waals surface area (Å²) >= 11 is 0. The summed E-state index contributed by atoms with van der Waals surface area (Å²) in [6.07, 6.45) is 1.68. The predicted octanol–water partition coefficient (Wildman–Crippen LogP) is 1.38. The topological polar surface area (TPSA) is 113 Å². The van der Waals surface area contributed by atoms with Gasteiger partial charge in [-0.1, -0.05) is 26.0 Å². The minimum atomic E-state index is -3.76. The molecule has 0 saturated heterocycles. The molecule has 0 aliphatic rings. The smallest absolute Gasteiger partial charge is 0.326 e. The lowest BCUT2D eigenvalue weighted by Crippen LogP contribution is -2.41. The Bertz CT molecular complexity index is 713. The fourth-order valence-corrected chi connectivity index (χ4v) is 3.03. The van der Waals surface area contributed by atoms with Crippen LogP contribution in [0.1, 0.15) is 30.6 Å². The van der Waals surface area contributed by atoms with Crippen molar-refractivity contribution in [2.75, 3.05) is 6.54 Å². The molecular weight excluding hydrogens is 332 g/mol. The fourth-order valence-electron chi connectivity index (χ4n) is 1.99. The summed E-state index contributed by atoms with van der Waals surface area (Å²) in [6.45, 7) is 7.19. The van der Waals surface area contributed by atoms with Crippen molar-refractivity contribution in [2.24, 2.45) is 5.92 Å². The van der Waals surface area contributed by atoms with Gasteiger partial charge in [0.15, 0.2) is 0 Å². The molecule has 8 heteroatoms. The highest BCUT2D eigenvalue weighted by molar-refractivity contribution is 7.89. The van der Waals surface area contributed by atoms with Gasteiger partial charge in [0, 0.05) is 12.1 Å². The summed E-state index contributed by atoms with van der Waals surface area (Å²) in [6, 6.07) is 4.38. The van der Waals surface area contributed by atoms with Crippen molar-refractivity contribution in [1.82, 2.24) is 10.0 Å². The van der Waals surface area contributed by atoms with Crippen LogP contribution in [0.4, 0.5) is 0 Å². The number of carbonyl (C=O) groups is 2. The molecule has 3 N–H and O–H groups in total. The SMILES string of the molecule is C=CCNS(=O)(=O)c1cccc(C(=O)N[C@@H](CC(C)C)C(=O)O)c1. The van der Waals surface area contributed by atoms with Crippen molar-refractivity contribution in [3.8, 4) is 0 Å². The van der Waals surface area contributed by atoms with Gasteiger partial charge in [0.25, 0.3) is 5.91 Å². The van der Waals surface area contributed by atoms with Crippen LogP contribution in [0.25, 0.3) is 0 Å². The van der Waals surface area contributed by atoms with E-state index in [1.54, 1.807) is 0 Å². The summed E-state index contributed by atoms with van der Waals surface area (Å²) < 4.78 is 26.4. The number of hydrogen-bond acceptors (Lipinski definition) is 4. The van der Waals surface area contributed by atoms with Gasteiger partial charge >= 0.3 is 5.97 Å². The van der Waals surface area contributed by atoms with Gasteiger partial charge in [-0.05, 0) is 30.5 Å². The van der Waals surface area contributed by atoms with Crippen LogP contribution in [0.15, 0.2) is 41.8 Å². The second-order valence-corrected chi connectivity index (χ2v) is 7.43. The third-order valence-electron chi connectivity index (χ3n) is 3.13. The Hall–Kier alpha value is -2.19. The van der Waals surface area contributed by atoms with Crippen LogP contribution in [-0.4, -0.2) is 38.0 Å². The number of sulfonamides is 1. The average Bonchev–Trinajstić information content (AvgIpc) is 2.52. The number of nitrogens with one attached hydrogen (secondary N) is 2. The van der Waals surface area contributed by atoms with Crippen molar-refractivity contribution in [2.45, 2.75) is 31.2 Å². The Morgan fingerprint density at radius 1 is 1.33 bits per heavy atom. The highest BCUT2D eigenvalue weighted by atomic mass is 32.2. The molecule has 1 aromatic rings. The number of carbonyl (C=O) groups excluding carboxylic acids is 1. The van der Waals surface area contributed by atoms with Gasteiger partial charge in [-0.25, -0.2) is 17.9 Å². The molecule has 0 radical (unpaired) electrons. The normalized spacial score (nSPS) is 12.6. The first-order valence-electron chi connectivity index (χ1n) is 7.41. The predicted molar refractivity (Wildman–Crippen MR) is 90.2 cm³/mol. The lowest BCUT2D eigenvalue weighted by Gasteiger charge is -2.16. The maximum absolute atomic E-state index is 12.2.